The minimum atomic E-state index is -1.28. The Bertz CT molecular complexity index is 480. The lowest BCUT2D eigenvalue weighted by atomic mass is 9.93. The summed E-state index contributed by atoms with van der Waals surface area (Å²) in [6.07, 6.45) is -0.885. The molecule has 1 aliphatic rings. The number of aliphatic hydroxyl groups is 1. The normalized spacial score (nSPS) is 23.4. The van der Waals surface area contributed by atoms with E-state index in [4.69, 9.17) is 5.11 Å². The van der Waals surface area contributed by atoms with Crippen LogP contribution in [0.5, 0.6) is 0 Å². The van der Waals surface area contributed by atoms with E-state index in [0.717, 1.165) is 17.0 Å². The molecule has 2 rings (SSSR count). The van der Waals surface area contributed by atoms with Crippen LogP contribution in [0.2, 0.25) is 0 Å². The van der Waals surface area contributed by atoms with Gasteiger partial charge in [0.2, 0.25) is 0 Å². The SMILES string of the molecule is O=C(O)N1CCC(O)(Cc2ccc(F)cc2F)C1. The lowest BCUT2D eigenvalue weighted by Crippen LogP contribution is -2.37. The molecule has 1 atom stereocenters. The van der Waals surface area contributed by atoms with Crippen LogP contribution < -0.4 is 0 Å². The van der Waals surface area contributed by atoms with Crippen molar-refractivity contribution in [2.75, 3.05) is 13.1 Å². The molecular formula is C12H13F2NO3. The van der Waals surface area contributed by atoms with E-state index in [1.54, 1.807) is 0 Å². The van der Waals surface area contributed by atoms with E-state index in [2.05, 4.69) is 0 Å². The molecule has 0 aromatic heterocycles. The highest BCUT2D eigenvalue weighted by Gasteiger charge is 2.38. The second-order valence-corrected chi connectivity index (χ2v) is 4.59. The Morgan fingerprint density at radius 3 is 2.72 bits per heavy atom. The molecule has 1 aliphatic heterocycles. The highest BCUT2D eigenvalue weighted by molar-refractivity contribution is 5.65. The first-order chi connectivity index (χ1) is 8.39. The molecule has 4 nitrogen and oxygen atoms in total. The molecule has 0 spiro atoms. The average Bonchev–Trinajstić information content (AvgIpc) is 2.66. The number of hydrogen-bond acceptors (Lipinski definition) is 2. The number of amides is 1. The summed E-state index contributed by atoms with van der Waals surface area (Å²) in [6, 6.07) is 3.14. The number of carboxylic acid groups (broad SMARTS) is 1. The van der Waals surface area contributed by atoms with Crippen LogP contribution in [-0.4, -0.2) is 39.9 Å². The molecule has 0 radical (unpaired) electrons. The third kappa shape index (κ3) is 2.59. The van der Waals surface area contributed by atoms with E-state index in [9.17, 15) is 18.7 Å². The standard InChI is InChI=1S/C12H13F2NO3/c13-9-2-1-8(10(14)5-9)6-12(18)3-4-15(7-12)11(16)17/h1-2,5,18H,3-4,6-7H2,(H,16,17). The van der Waals surface area contributed by atoms with Gasteiger partial charge in [0.05, 0.1) is 12.1 Å². The van der Waals surface area contributed by atoms with Crippen molar-refractivity contribution in [3.63, 3.8) is 0 Å². The van der Waals surface area contributed by atoms with Gasteiger partial charge in [-0.25, -0.2) is 13.6 Å². The number of rotatable bonds is 2. The van der Waals surface area contributed by atoms with Crippen molar-refractivity contribution < 1.29 is 23.8 Å². The van der Waals surface area contributed by atoms with E-state index in [1.165, 1.54) is 6.07 Å². The topological polar surface area (TPSA) is 60.8 Å². The Morgan fingerprint density at radius 1 is 1.44 bits per heavy atom. The zero-order valence-corrected chi connectivity index (χ0v) is 9.57. The van der Waals surface area contributed by atoms with Gasteiger partial charge in [0, 0.05) is 19.0 Å². The fraction of sp³-hybridized carbons (Fsp3) is 0.417. The fourth-order valence-electron chi connectivity index (χ4n) is 2.18. The van der Waals surface area contributed by atoms with Crippen molar-refractivity contribution in [3.8, 4) is 0 Å². The van der Waals surface area contributed by atoms with Crippen LogP contribution in [0.1, 0.15) is 12.0 Å². The third-order valence-corrected chi connectivity index (χ3v) is 3.14. The lowest BCUT2D eigenvalue weighted by Gasteiger charge is -2.22. The summed E-state index contributed by atoms with van der Waals surface area (Å²) >= 11 is 0. The molecule has 98 valence electrons. The first-order valence-corrected chi connectivity index (χ1v) is 5.54. The summed E-state index contributed by atoms with van der Waals surface area (Å²) in [6.45, 7) is 0.161. The molecule has 18 heavy (non-hydrogen) atoms. The highest BCUT2D eigenvalue weighted by Crippen LogP contribution is 2.26. The van der Waals surface area contributed by atoms with Crippen molar-refractivity contribution in [1.82, 2.24) is 4.90 Å². The van der Waals surface area contributed by atoms with Gasteiger partial charge in [0.25, 0.3) is 0 Å². The monoisotopic (exact) mass is 257 g/mol. The average molecular weight is 257 g/mol. The first kappa shape index (κ1) is 12.8. The molecule has 1 fully saturated rings. The van der Waals surface area contributed by atoms with E-state index >= 15 is 0 Å². The van der Waals surface area contributed by atoms with Crippen LogP contribution in [0.3, 0.4) is 0 Å². The predicted octanol–water partition coefficient (Wildman–Crippen LogP) is 1.62. The number of β-amino-alcohol motifs (C(OH)–C–C–N with tert-alkyl or cyclic N) is 1. The van der Waals surface area contributed by atoms with Crippen LogP contribution in [-0.2, 0) is 6.42 Å². The molecule has 1 unspecified atom stereocenters. The van der Waals surface area contributed by atoms with E-state index in [-0.39, 0.29) is 31.5 Å². The molecule has 0 aliphatic carbocycles. The van der Waals surface area contributed by atoms with Crippen molar-refractivity contribution in [3.05, 3.63) is 35.4 Å². The Kier molecular flexibility index (Phi) is 3.21. The predicted molar refractivity (Wildman–Crippen MR) is 59.2 cm³/mol. The lowest BCUT2D eigenvalue weighted by molar-refractivity contribution is 0.0484. The maximum atomic E-state index is 13.4. The van der Waals surface area contributed by atoms with Crippen LogP contribution >= 0.6 is 0 Å². The molecule has 1 aromatic rings. The summed E-state index contributed by atoms with van der Waals surface area (Å²) < 4.78 is 26.2. The first-order valence-electron chi connectivity index (χ1n) is 5.54. The number of halogens is 2. The minimum absolute atomic E-state index is 0.0249. The Balaban J connectivity index is 2.12. The van der Waals surface area contributed by atoms with Crippen molar-refractivity contribution in [2.45, 2.75) is 18.4 Å². The van der Waals surface area contributed by atoms with Crippen LogP contribution in [0.25, 0.3) is 0 Å². The van der Waals surface area contributed by atoms with Gasteiger partial charge in [0.1, 0.15) is 11.6 Å². The van der Waals surface area contributed by atoms with Crippen LogP contribution in [0, 0.1) is 11.6 Å². The summed E-state index contributed by atoms with van der Waals surface area (Å²) in [5.74, 6) is -1.40. The summed E-state index contributed by atoms with van der Waals surface area (Å²) in [5.41, 5.74) is -1.09. The number of carbonyl (C=O) groups is 1. The van der Waals surface area contributed by atoms with E-state index in [1.807, 2.05) is 0 Å². The highest BCUT2D eigenvalue weighted by atomic mass is 19.1. The van der Waals surface area contributed by atoms with Crippen LogP contribution in [0.15, 0.2) is 18.2 Å². The van der Waals surface area contributed by atoms with E-state index < -0.39 is 23.3 Å². The van der Waals surface area contributed by atoms with Gasteiger partial charge >= 0.3 is 6.09 Å². The van der Waals surface area contributed by atoms with Crippen molar-refractivity contribution in [1.29, 1.82) is 0 Å². The smallest absolute Gasteiger partial charge is 0.407 e. The molecule has 1 heterocycles. The molecule has 6 heteroatoms. The van der Waals surface area contributed by atoms with Gasteiger partial charge < -0.3 is 15.1 Å². The second kappa shape index (κ2) is 4.53. The van der Waals surface area contributed by atoms with E-state index in [0.29, 0.717) is 0 Å². The van der Waals surface area contributed by atoms with Gasteiger partial charge in [0.15, 0.2) is 0 Å². The second-order valence-electron chi connectivity index (χ2n) is 4.59. The number of nitrogens with zero attached hydrogens (tertiary/aromatic N) is 1. The summed E-state index contributed by atoms with van der Waals surface area (Å²) in [7, 11) is 0. The van der Waals surface area contributed by atoms with Crippen molar-refractivity contribution in [2.24, 2.45) is 0 Å². The Hall–Kier alpha value is -1.69. The third-order valence-electron chi connectivity index (χ3n) is 3.14. The summed E-state index contributed by atoms with van der Waals surface area (Å²) in [5, 5.41) is 19.0. The molecule has 2 N–H and O–H groups in total. The molecule has 0 saturated carbocycles. The number of likely N-dealkylation sites (tertiary alicyclic amines) is 1. The Morgan fingerprint density at radius 2 is 2.17 bits per heavy atom. The quantitative estimate of drug-likeness (QED) is 0.846. The van der Waals surface area contributed by atoms with Gasteiger partial charge in [-0.2, -0.15) is 0 Å². The molecule has 1 amide bonds. The zero-order chi connectivity index (χ0) is 13.3. The minimum Gasteiger partial charge on any atom is -0.465 e. The molecule has 1 aromatic carbocycles. The maximum Gasteiger partial charge on any atom is 0.407 e. The molecule has 1 saturated heterocycles. The number of hydrogen-bond donors (Lipinski definition) is 2. The molecule has 0 bridgehead atoms. The van der Waals surface area contributed by atoms with Gasteiger partial charge in [-0.15, -0.1) is 0 Å². The largest absolute Gasteiger partial charge is 0.465 e. The molecular weight excluding hydrogens is 244 g/mol. The van der Waals surface area contributed by atoms with Gasteiger partial charge in [-0.05, 0) is 18.1 Å². The van der Waals surface area contributed by atoms with Crippen molar-refractivity contribution >= 4 is 6.09 Å². The summed E-state index contributed by atoms with van der Waals surface area (Å²) in [4.78, 5) is 11.8. The van der Waals surface area contributed by atoms with Gasteiger partial charge in [-0.3, -0.25) is 0 Å². The zero-order valence-electron chi connectivity index (χ0n) is 9.57. The Labute approximate surface area is 102 Å². The van der Waals surface area contributed by atoms with Gasteiger partial charge in [-0.1, -0.05) is 6.07 Å². The number of benzene rings is 1. The maximum absolute atomic E-state index is 13.4. The fourth-order valence-corrected chi connectivity index (χ4v) is 2.18. The van der Waals surface area contributed by atoms with Crippen LogP contribution in [0.4, 0.5) is 13.6 Å².